The highest BCUT2D eigenvalue weighted by Gasteiger charge is 2.50. The first-order chi connectivity index (χ1) is 26.7. The first-order valence-electron chi connectivity index (χ1n) is 20.6. The van der Waals surface area contributed by atoms with Crippen molar-refractivity contribution in [2.24, 2.45) is 10.8 Å². The van der Waals surface area contributed by atoms with Crippen LogP contribution in [-0.2, 0) is 15.9 Å². The molecule has 1 atom stereocenters. The zero-order chi connectivity index (χ0) is 37.4. The number of aryl methyl sites for hydroxylation is 1. The van der Waals surface area contributed by atoms with E-state index < -0.39 is 5.82 Å². The van der Waals surface area contributed by atoms with Crippen molar-refractivity contribution in [3.05, 3.63) is 47.7 Å². The summed E-state index contributed by atoms with van der Waals surface area (Å²) in [4.78, 5) is 21.8. The number of fused-ring (bicyclic) bond motifs is 2. The number of morpholine rings is 1. The first-order valence-corrected chi connectivity index (χ1v) is 20.6. The summed E-state index contributed by atoms with van der Waals surface area (Å²) in [7, 11) is 0. The van der Waals surface area contributed by atoms with Crippen molar-refractivity contribution in [1.29, 1.82) is 0 Å². The molecule has 4 aliphatic heterocycles. The van der Waals surface area contributed by atoms with E-state index in [1.165, 1.54) is 37.8 Å². The third kappa shape index (κ3) is 6.50. The van der Waals surface area contributed by atoms with Crippen molar-refractivity contribution in [2.45, 2.75) is 82.8 Å². The van der Waals surface area contributed by atoms with Gasteiger partial charge in [0.1, 0.15) is 28.6 Å². The number of ether oxygens (including phenoxy) is 3. The largest absolute Gasteiger partial charge is 0.508 e. The van der Waals surface area contributed by atoms with Crippen LogP contribution in [0.3, 0.4) is 0 Å². The molecule has 2 spiro atoms. The minimum atomic E-state index is -0.647. The van der Waals surface area contributed by atoms with E-state index in [1.54, 1.807) is 18.3 Å². The normalized spacial score (nSPS) is 25.4. The Labute approximate surface area is 321 Å². The summed E-state index contributed by atoms with van der Waals surface area (Å²) in [5.74, 6) is -0.478. The van der Waals surface area contributed by atoms with Crippen molar-refractivity contribution in [3.8, 4) is 23.0 Å². The van der Waals surface area contributed by atoms with E-state index in [1.807, 2.05) is 6.92 Å². The molecule has 2 aromatic carbocycles. The van der Waals surface area contributed by atoms with Crippen LogP contribution in [0.4, 0.5) is 14.6 Å². The molecule has 2 aliphatic carbocycles. The Bertz CT molecular complexity index is 2100. The Morgan fingerprint density at radius 1 is 0.945 bits per heavy atom. The molecule has 0 amide bonds. The standard InChI is InChI=1S/C43H52F2N6O4/c1-2-31-34(44)5-4-28-20-30(52)21-32(35(28)31)37-36(45)38-33(24-46-37)39(51-12-3-6-43(26-51)11-17-55-43)48-40(47-38)54-27-42(7-8-42)25-49-13-9-41(10-14-49)22-29(23-41)50-15-18-53-19-16-50/h4-5,20-21,24,29,52H,2-3,6-19,22-23,25-27H2,1H3/t43-/m0/s1. The molecule has 2 saturated carbocycles. The van der Waals surface area contributed by atoms with Crippen LogP contribution in [0.5, 0.6) is 11.8 Å². The van der Waals surface area contributed by atoms with Crippen LogP contribution in [0, 0.1) is 22.5 Å². The van der Waals surface area contributed by atoms with E-state index in [0.29, 0.717) is 58.1 Å². The molecular formula is C43H52F2N6O4. The summed E-state index contributed by atoms with van der Waals surface area (Å²) >= 11 is 0. The maximum absolute atomic E-state index is 17.1. The van der Waals surface area contributed by atoms with E-state index in [4.69, 9.17) is 24.2 Å². The van der Waals surface area contributed by atoms with Crippen LogP contribution < -0.4 is 9.64 Å². The predicted octanol–water partition coefficient (Wildman–Crippen LogP) is 6.89. The SMILES string of the molecule is CCc1c(F)ccc2cc(O)cc(-c3ncc4c(N5CCC[C@]6(CCO6)C5)nc(OCC5(CN6CCC7(CC6)CC(N6CCOCC6)C7)CC5)nc4c3F)c12. The minimum absolute atomic E-state index is 0.00556. The second-order valence-electron chi connectivity index (χ2n) is 17.6. The number of halogens is 2. The number of likely N-dealkylation sites (tertiary alicyclic amines) is 1. The lowest BCUT2D eigenvalue weighted by molar-refractivity contribution is -0.151. The number of pyridine rings is 1. The van der Waals surface area contributed by atoms with Gasteiger partial charge in [-0.3, -0.25) is 9.88 Å². The lowest BCUT2D eigenvalue weighted by Gasteiger charge is -2.56. The molecule has 55 heavy (non-hydrogen) atoms. The fraction of sp³-hybridized carbons (Fsp3) is 0.605. The molecule has 12 heteroatoms. The first kappa shape index (κ1) is 35.7. The molecule has 6 fully saturated rings. The lowest BCUT2D eigenvalue weighted by atomic mass is 9.60. The van der Waals surface area contributed by atoms with Gasteiger partial charge in [0.25, 0.3) is 0 Å². The number of aromatic hydroxyl groups is 1. The van der Waals surface area contributed by atoms with Gasteiger partial charge in [-0.2, -0.15) is 9.97 Å². The number of phenols is 1. The number of phenolic OH excluding ortho intramolecular Hbond substituents is 1. The second-order valence-corrected chi connectivity index (χ2v) is 17.6. The predicted molar refractivity (Wildman–Crippen MR) is 207 cm³/mol. The molecule has 6 heterocycles. The van der Waals surface area contributed by atoms with Gasteiger partial charge >= 0.3 is 6.01 Å². The third-order valence-corrected chi connectivity index (χ3v) is 14.0. The molecule has 0 unspecified atom stereocenters. The third-order valence-electron chi connectivity index (χ3n) is 14.0. The van der Waals surface area contributed by atoms with Gasteiger partial charge in [-0.25, -0.2) is 8.78 Å². The lowest BCUT2D eigenvalue weighted by Crippen LogP contribution is -2.57. The molecular weight excluding hydrogens is 703 g/mol. The monoisotopic (exact) mass is 754 g/mol. The number of rotatable bonds is 9. The summed E-state index contributed by atoms with van der Waals surface area (Å²) in [6, 6.07) is 6.92. The zero-order valence-corrected chi connectivity index (χ0v) is 31.9. The number of anilines is 1. The highest BCUT2D eigenvalue weighted by molar-refractivity contribution is 6.01. The molecule has 0 bridgehead atoms. The fourth-order valence-electron chi connectivity index (χ4n) is 10.5. The van der Waals surface area contributed by atoms with Crippen molar-refractivity contribution >= 4 is 27.5 Å². The molecule has 4 aromatic rings. The summed E-state index contributed by atoms with van der Waals surface area (Å²) in [5.41, 5.74) is 1.22. The van der Waals surface area contributed by atoms with Crippen molar-refractivity contribution < 1.29 is 28.1 Å². The Morgan fingerprint density at radius 2 is 1.75 bits per heavy atom. The highest BCUT2D eigenvalue weighted by atomic mass is 19.1. The molecule has 2 aromatic heterocycles. The quantitative estimate of drug-likeness (QED) is 0.195. The molecule has 10 nitrogen and oxygen atoms in total. The van der Waals surface area contributed by atoms with Crippen LogP contribution in [0.2, 0.25) is 0 Å². The van der Waals surface area contributed by atoms with Gasteiger partial charge in [-0.1, -0.05) is 13.0 Å². The number of hydrogen-bond donors (Lipinski definition) is 1. The average molecular weight is 755 g/mol. The Balaban J connectivity index is 0.920. The zero-order valence-electron chi connectivity index (χ0n) is 31.9. The number of aromatic nitrogens is 3. The summed E-state index contributed by atoms with van der Waals surface area (Å²) in [6.45, 7) is 11.6. The Morgan fingerprint density at radius 3 is 2.47 bits per heavy atom. The molecule has 1 N–H and O–H groups in total. The Kier molecular flexibility index (Phi) is 8.92. The number of nitrogens with zero attached hydrogens (tertiary/aromatic N) is 6. The van der Waals surface area contributed by atoms with Gasteiger partial charge in [0, 0.05) is 62.4 Å². The summed E-state index contributed by atoms with van der Waals surface area (Å²) in [5, 5.41) is 12.3. The van der Waals surface area contributed by atoms with E-state index in [0.717, 1.165) is 97.2 Å². The van der Waals surface area contributed by atoms with Crippen LogP contribution in [0.25, 0.3) is 32.9 Å². The van der Waals surface area contributed by atoms with Crippen molar-refractivity contribution in [3.63, 3.8) is 0 Å². The van der Waals surface area contributed by atoms with E-state index in [-0.39, 0.29) is 39.8 Å². The van der Waals surface area contributed by atoms with Crippen LogP contribution >= 0.6 is 0 Å². The van der Waals surface area contributed by atoms with Crippen LogP contribution in [0.1, 0.15) is 70.3 Å². The molecule has 4 saturated heterocycles. The maximum Gasteiger partial charge on any atom is 0.319 e. The molecule has 6 aliphatic rings. The molecule has 292 valence electrons. The van der Waals surface area contributed by atoms with Gasteiger partial charge < -0.3 is 29.1 Å². The average Bonchev–Trinajstić information content (AvgIpc) is 3.95. The number of benzene rings is 2. The summed E-state index contributed by atoms with van der Waals surface area (Å²) < 4.78 is 50.4. The summed E-state index contributed by atoms with van der Waals surface area (Å²) in [6.07, 6.45) is 12.3. The van der Waals surface area contributed by atoms with Gasteiger partial charge in [-0.05, 0) is 111 Å². The molecule has 0 radical (unpaired) electrons. The molecule has 10 rings (SSSR count). The van der Waals surface area contributed by atoms with E-state index in [2.05, 4.69) is 19.7 Å². The van der Waals surface area contributed by atoms with Crippen molar-refractivity contribution in [2.75, 3.05) is 77.1 Å². The van der Waals surface area contributed by atoms with Gasteiger partial charge in [-0.15, -0.1) is 0 Å². The highest BCUT2D eigenvalue weighted by Crippen LogP contribution is 2.53. The van der Waals surface area contributed by atoms with E-state index in [9.17, 15) is 5.11 Å². The number of hydrogen-bond acceptors (Lipinski definition) is 10. The Hall–Kier alpha value is -3.71. The van der Waals surface area contributed by atoms with Gasteiger partial charge in [0.15, 0.2) is 5.82 Å². The minimum Gasteiger partial charge on any atom is -0.508 e. The topological polar surface area (TPSA) is 96.3 Å². The maximum atomic E-state index is 17.1. The van der Waals surface area contributed by atoms with Gasteiger partial charge in [0.2, 0.25) is 0 Å². The van der Waals surface area contributed by atoms with Crippen LogP contribution in [0.15, 0.2) is 30.5 Å². The smallest absolute Gasteiger partial charge is 0.319 e. The fourth-order valence-corrected chi connectivity index (χ4v) is 10.5. The van der Waals surface area contributed by atoms with Gasteiger partial charge in [0.05, 0.1) is 37.4 Å². The number of piperidine rings is 2. The van der Waals surface area contributed by atoms with Crippen molar-refractivity contribution in [1.82, 2.24) is 24.8 Å². The van der Waals surface area contributed by atoms with E-state index >= 15 is 8.78 Å². The second kappa shape index (κ2) is 13.7. The van der Waals surface area contributed by atoms with Crippen LogP contribution in [-0.4, -0.2) is 114 Å².